The molecule has 1 fully saturated rings. The van der Waals surface area contributed by atoms with Gasteiger partial charge in [0.2, 0.25) is 0 Å². The minimum atomic E-state index is -4.35. The number of aromatic nitrogens is 1. The Labute approximate surface area is 78.7 Å². The summed E-state index contributed by atoms with van der Waals surface area (Å²) in [5.74, 6) is 0. The summed E-state index contributed by atoms with van der Waals surface area (Å²) < 4.78 is 42.4. The van der Waals surface area contributed by atoms with Crippen molar-refractivity contribution in [1.29, 1.82) is 0 Å². The van der Waals surface area contributed by atoms with E-state index in [0.29, 0.717) is 0 Å². The van der Waals surface area contributed by atoms with Crippen LogP contribution in [-0.4, -0.2) is 11.1 Å². The SMILES string of the molecule is CC1OC1c1ncccc1C(F)(F)F. The van der Waals surface area contributed by atoms with E-state index in [0.717, 1.165) is 6.07 Å². The van der Waals surface area contributed by atoms with Crippen LogP contribution in [0, 0.1) is 0 Å². The van der Waals surface area contributed by atoms with E-state index in [1.807, 2.05) is 0 Å². The smallest absolute Gasteiger partial charge is 0.363 e. The molecule has 1 aliphatic rings. The minimum Gasteiger partial charge on any atom is -0.363 e. The first-order valence-electron chi connectivity index (χ1n) is 4.17. The second-order valence-corrected chi connectivity index (χ2v) is 3.20. The maximum atomic E-state index is 12.5. The summed E-state index contributed by atoms with van der Waals surface area (Å²) in [6.07, 6.45) is -3.66. The molecule has 2 atom stereocenters. The highest BCUT2D eigenvalue weighted by atomic mass is 19.4. The summed E-state index contributed by atoms with van der Waals surface area (Å²) in [4.78, 5) is 3.71. The third kappa shape index (κ3) is 1.59. The number of epoxide rings is 1. The van der Waals surface area contributed by atoms with E-state index in [-0.39, 0.29) is 11.8 Å². The average Bonchev–Trinajstić information content (AvgIpc) is 2.81. The van der Waals surface area contributed by atoms with Gasteiger partial charge in [-0.05, 0) is 19.1 Å². The number of rotatable bonds is 1. The average molecular weight is 203 g/mol. The molecule has 1 aromatic rings. The first kappa shape index (κ1) is 9.45. The number of nitrogens with zero attached hydrogens (tertiary/aromatic N) is 1. The zero-order chi connectivity index (χ0) is 10.3. The maximum Gasteiger partial charge on any atom is 0.418 e. The summed E-state index contributed by atoms with van der Waals surface area (Å²) in [6, 6.07) is 2.30. The molecule has 1 saturated heterocycles. The molecule has 1 aromatic heterocycles. The van der Waals surface area contributed by atoms with E-state index in [9.17, 15) is 13.2 Å². The summed E-state index contributed by atoms with van der Waals surface area (Å²) in [7, 11) is 0. The molecule has 2 rings (SSSR count). The first-order valence-corrected chi connectivity index (χ1v) is 4.17. The predicted octanol–water partition coefficient (Wildman–Crippen LogP) is 2.56. The van der Waals surface area contributed by atoms with Gasteiger partial charge in [0.05, 0.1) is 17.4 Å². The predicted molar refractivity (Wildman–Crippen MR) is 42.5 cm³/mol. The maximum absolute atomic E-state index is 12.5. The monoisotopic (exact) mass is 203 g/mol. The number of ether oxygens (including phenoxy) is 1. The number of hydrogen-bond donors (Lipinski definition) is 0. The number of alkyl halides is 3. The summed E-state index contributed by atoms with van der Waals surface area (Å²) >= 11 is 0. The highest BCUT2D eigenvalue weighted by molar-refractivity contribution is 5.27. The molecule has 5 heteroatoms. The van der Waals surface area contributed by atoms with Gasteiger partial charge in [-0.3, -0.25) is 4.98 Å². The lowest BCUT2D eigenvalue weighted by molar-refractivity contribution is -0.138. The molecule has 0 radical (unpaired) electrons. The van der Waals surface area contributed by atoms with E-state index < -0.39 is 17.8 Å². The molecule has 2 heterocycles. The molecule has 0 N–H and O–H groups in total. The Morgan fingerprint density at radius 2 is 2.07 bits per heavy atom. The molecule has 2 nitrogen and oxygen atoms in total. The van der Waals surface area contributed by atoms with Gasteiger partial charge >= 0.3 is 6.18 Å². The van der Waals surface area contributed by atoms with Crippen LogP contribution in [0.15, 0.2) is 18.3 Å². The topological polar surface area (TPSA) is 25.4 Å². The molecule has 0 aromatic carbocycles. The second kappa shape index (κ2) is 2.95. The lowest BCUT2D eigenvalue weighted by atomic mass is 10.1. The van der Waals surface area contributed by atoms with E-state index in [4.69, 9.17) is 4.74 Å². The third-order valence-corrected chi connectivity index (χ3v) is 2.12. The fraction of sp³-hybridized carbons (Fsp3) is 0.444. The van der Waals surface area contributed by atoms with E-state index in [1.165, 1.54) is 12.3 Å². The molecule has 0 saturated carbocycles. The molecule has 0 amide bonds. The highest BCUT2D eigenvalue weighted by Gasteiger charge is 2.44. The van der Waals surface area contributed by atoms with Crippen molar-refractivity contribution in [2.24, 2.45) is 0 Å². The van der Waals surface area contributed by atoms with Crippen molar-refractivity contribution in [2.75, 3.05) is 0 Å². The summed E-state index contributed by atoms with van der Waals surface area (Å²) in [5, 5.41) is 0. The summed E-state index contributed by atoms with van der Waals surface area (Å²) in [5.41, 5.74) is -0.707. The Balaban J connectivity index is 2.39. The molecule has 76 valence electrons. The van der Waals surface area contributed by atoms with Gasteiger partial charge in [0.1, 0.15) is 6.10 Å². The Hall–Kier alpha value is -1.10. The minimum absolute atomic E-state index is 0.00694. The Kier molecular flexibility index (Phi) is 1.99. The van der Waals surface area contributed by atoms with Crippen LogP contribution in [0.2, 0.25) is 0 Å². The lowest BCUT2D eigenvalue weighted by Crippen LogP contribution is -2.10. The molecule has 14 heavy (non-hydrogen) atoms. The van der Waals surface area contributed by atoms with Crippen molar-refractivity contribution in [1.82, 2.24) is 4.98 Å². The van der Waals surface area contributed by atoms with E-state index in [2.05, 4.69) is 4.98 Å². The number of pyridine rings is 1. The molecule has 0 bridgehead atoms. The molecule has 0 spiro atoms. The Bertz CT molecular complexity index is 350. The second-order valence-electron chi connectivity index (χ2n) is 3.20. The number of halogens is 3. The van der Waals surface area contributed by atoms with Crippen LogP contribution in [0.4, 0.5) is 13.2 Å². The van der Waals surface area contributed by atoms with Crippen LogP contribution in [-0.2, 0) is 10.9 Å². The van der Waals surface area contributed by atoms with Crippen molar-refractivity contribution in [3.8, 4) is 0 Å². The van der Waals surface area contributed by atoms with Crippen molar-refractivity contribution in [3.63, 3.8) is 0 Å². The Morgan fingerprint density at radius 3 is 2.57 bits per heavy atom. The molecule has 0 aliphatic carbocycles. The molecule has 2 unspecified atom stereocenters. The zero-order valence-corrected chi connectivity index (χ0v) is 7.38. The zero-order valence-electron chi connectivity index (χ0n) is 7.38. The van der Waals surface area contributed by atoms with Crippen LogP contribution < -0.4 is 0 Å². The molecule has 1 aliphatic heterocycles. The van der Waals surface area contributed by atoms with Gasteiger partial charge in [-0.25, -0.2) is 0 Å². The highest BCUT2D eigenvalue weighted by Crippen LogP contribution is 2.42. The molecular formula is C9H8F3NO. The van der Waals surface area contributed by atoms with Crippen molar-refractivity contribution >= 4 is 0 Å². The van der Waals surface area contributed by atoms with Gasteiger partial charge in [0, 0.05) is 6.20 Å². The third-order valence-electron chi connectivity index (χ3n) is 2.12. The Morgan fingerprint density at radius 1 is 1.43 bits per heavy atom. The van der Waals surface area contributed by atoms with Crippen LogP contribution >= 0.6 is 0 Å². The van der Waals surface area contributed by atoms with Crippen LogP contribution in [0.3, 0.4) is 0 Å². The van der Waals surface area contributed by atoms with E-state index in [1.54, 1.807) is 6.92 Å². The fourth-order valence-corrected chi connectivity index (χ4v) is 1.36. The van der Waals surface area contributed by atoms with Gasteiger partial charge in [-0.15, -0.1) is 0 Å². The normalized spacial score (nSPS) is 26.3. The van der Waals surface area contributed by atoms with Crippen molar-refractivity contribution in [3.05, 3.63) is 29.6 Å². The van der Waals surface area contributed by atoms with Crippen LogP contribution in [0.1, 0.15) is 24.3 Å². The molecular weight excluding hydrogens is 195 g/mol. The van der Waals surface area contributed by atoms with Gasteiger partial charge in [-0.2, -0.15) is 13.2 Å². The van der Waals surface area contributed by atoms with Crippen LogP contribution in [0.5, 0.6) is 0 Å². The number of hydrogen-bond acceptors (Lipinski definition) is 2. The first-order chi connectivity index (χ1) is 6.50. The van der Waals surface area contributed by atoms with Gasteiger partial charge < -0.3 is 4.74 Å². The van der Waals surface area contributed by atoms with E-state index >= 15 is 0 Å². The largest absolute Gasteiger partial charge is 0.418 e. The van der Waals surface area contributed by atoms with Gasteiger partial charge in [-0.1, -0.05) is 0 Å². The standard InChI is InChI=1S/C9H8F3NO/c1-5-8(14-5)7-6(9(10,11)12)3-2-4-13-7/h2-5,8H,1H3. The summed E-state index contributed by atoms with van der Waals surface area (Å²) in [6.45, 7) is 1.72. The van der Waals surface area contributed by atoms with Crippen LogP contribution in [0.25, 0.3) is 0 Å². The van der Waals surface area contributed by atoms with Crippen molar-refractivity contribution in [2.45, 2.75) is 25.3 Å². The van der Waals surface area contributed by atoms with Gasteiger partial charge in [0.25, 0.3) is 0 Å². The van der Waals surface area contributed by atoms with Gasteiger partial charge in [0.15, 0.2) is 0 Å². The lowest BCUT2D eigenvalue weighted by Gasteiger charge is -2.09. The van der Waals surface area contributed by atoms with Crippen molar-refractivity contribution < 1.29 is 17.9 Å². The fourth-order valence-electron chi connectivity index (χ4n) is 1.36. The quantitative estimate of drug-likeness (QED) is 0.655.